The molecular formula is C8H4BrClN4OS. The van der Waals surface area contributed by atoms with Gasteiger partial charge in [-0.2, -0.15) is 0 Å². The standard InChI is InChI=1S/C8H4BrClN4OS/c9-5-6(10)12-3-13-7(5)16-8-11-2-1-4(15)14-8/h1-3H,(H,11,14,15). The molecule has 0 fully saturated rings. The lowest BCUT2D eigenvalue weighted by molar-refractivity contribution is 0.926. The predicted molar refractivity (Wildman–Crippen MR) is 63.7 cm³/mol. The minimum absolute atomic E-state index is 0.214. The van der Waals surface area contributed by atoms with E-state index in [9.17, 15) is 4.79 Å². The minimum Gasteiger partial charge on any atom is -0.301 e. The van der Waals surface area contributed by atoms with Gasteiger partial charge in [-0.25, -0.2) is 15.0 Å². The van der Waals surface area contributed by atoms with Crippen LogP contribution in [0, 0.1) is 0 Å². The van der Waals surface area contributed by atoms with Crippen LogP contribution in [0.4, 0.5) is 0 Å². The van der Waals surface area contributed by atoms with Crippen molar-refractivity contribution in [3.63, 3.8) is 0 Å². The summed E-state index contributed by atoms with van der Waals surface area (Å²) in [4.78, 5) is 25.4. The van der Waals surface area contributed by atoms with Crippen molar-refractivity contribution in [2.45, 2.75) is 10.2 Å². The molecule has 0 spiro atoms. The van der Waals surface area contributed by atoms with Crippen LogP contribution < -0.4 is 5.56 Å². The number of nitrogens with zero attached hydrogens (tertiary/aromatic N) is 3. The molecule has 0 aliphatic heterocycles. The fourth-order valence-electron chi connectivity index (χ4n) is 0.900. The number of aromatic nitrogens is 4. The highest BCUT2D eigenvalue weighted by atomic mass is 79.9. The number of aromatic amines is 1. The zero-order chi connectivity index (χ0) is 11.5. The zero-order valence-electron chi connectivity index (χ0n) is 7.65. The average Bonchev–Trinajstić information content (AvgIpc) is 2.25. The molecule has 2 aromatic heterocycles. The molecule has 0 radical (unpaired) electrons. The molecule has 2 aromatic rings. The Hall–Kier alpha value is -0.920. The van der Waals surface area contributed by atoms with Crippen LogP contribution in [0.2, 0.25) is 5.15 Å². The van der Waals surface area contributed by atoms with E-state index in [0.29, 0.717) is 19.8 Å². The van der Waals surface area contributed by atoms with E-state index in [-0.39, 0.29) is 5.56 Å². The highest BCUT2D eigenvalue weighted by molar-refractivity contribution is 9.10. The molecule has 0 unspecified atom stereocenters. The molecule has 16 heavy (non-hydrogen) atoms. The lowest BCUT2D eigenvalue weighted by Crippen LogP contribution is -2.05. The number of hydrogen-bond donors (Lipinski definition) is 1. The Labute approximate surface area is 108 Å². The van der Waals surface area contributed by atoms with Crippen LogP contribution in [0.15, 0.2) is 38.0 Å². The van der Waals surface area contributed by atoms with Crippen LogP contribution in [0.1, 0.15) is 0 Å². The van der Waals surface area contributed by atoms with Crippen LogP contribution in [-0.4, -0.2) is 19.9 Å². The van der Waals surface area contributed by atoms with E-state index in [0.717, 1.165) is 0 Å². The highest BCUT2D eigenvalue weighted by Gasteiger charge is 2.09. The number of rotatable bonds is 2. The van der Waals surface area contributed by atoms with Crippen LogP contribution >= 0.6 is 39.3 Å². The Morgan fingerprint density at radius 2 is 2.19 bits per heavy atom. The first kappa shape index (κ1) is 11.6. The largest absolute Gasteiger partial charge is 0.301 e. The Kier molecular flexibility index (Phi) is 3.57. The Morgan fingerprint density at radius 1 is 1.38 bits per heavy atom. The monoisotopic (exact) mass is 318 g/mol. The van der Waals surface area contributed by atoms with Crippen molar-refractivity contribution in [1.82, 2.24) is 19.9 Å². The first-order chi connectivity index (χ1) is 7.66. The maximum Gasteiger partial charge on any atom is 0.251 e. The Morgan fingerprint density at radius 3 is 2.94 bits per heavy atom. The zero-order valence-corrected chi connectivity index (χ0v) is 10.8. The number of nitrogens with one attached hydrogen (secondary N) is 1. The third-order valence-corrected chi connectivity index (χ3v) is 3.99. The molecule has 0 aromatic carbocycles. The molecular weight excluding hydrogens is 316 g/mol. The summed E-state index contributed by atoms with van der Waals surface area (Å²) in [6.07, 6.45) is 2.77. The Balaban J connectivity index is 2.34. The van der Waals surface area contributed by atoms with Crippen LogP contribution in [0.5, 0.6) is 0 Å². The van der Waals surface area contributed by atoms with Crippen molar-refractivity contribution < 1.29 is 0 Å². The molecule has 0 aliphatic rings. The summed E-state index contributed by atoms with van der Waals surface area (Å²) in [7, 11) is 0. The van der Waals surface area contributed by atoms with Gasteiger partial charge in [0.1, 0.15) is 16.5 Å². The van der Waals surface area contributed by atoms with Crippen molar-refractivity contribution in [2.24, 2.45) is 0 Å². The van der Waals surface area contributed by atoms with E-state index >= 15 is 0 Å². The predicted octanol–water partition coefficient (Wildman–Crippen LogP) is 2.13. The van der Waals surface area contributed by atoms with Gasteiger partial charge in [0.05, 0.1) is 4.47 Å². The number of hydrogen-bond acceptors (Lipinski definition) is 5. The van der Waals surface area contributed by atoms with E-state index in [1.165, 1.54) is 30.4 Å². The molecule has 2 heterocycles. The van der Waals surface area contributed by atoms with Gasteiger partial charge in [-0.3, -0.25) is 4.79 Å². The van der Waals surface area contributed by atoms with E-state index in [2.05, 4.69) is 35.9 Å². The molecule has 1 N–H and O–H groups in total. The normalized spacial score (nSPS) is 10.4. The topological polar surface area (TPSA) is 71.5 Å². The summed E-state index contributed by atoms with van der Waals surface area (Å²) in [5.41, 5.74) is -0.214. The third-order valence-electron chi connectivity index (χ3n) is 1.56. The van der Waals surface area contributed by atoms with Gasteiger partial charge in [-0.05, 0) is 27.7 Å². The van der Waals surface area contributed by atoms with Crippen molar-refractivity contribution in [3.8, 4) is 0 Å². The molecule has 2 rings (SSSR count). The fourth-order valence-corrected chi connectivity index (χ4v) is 2.27. The fraction of sp³-hybridized carbons (Fsp3) is 0. The lowest BCUT2D eigenvalue weighted by Gasteiger charge is -2.02. The highest BCUT2D eigenvalue weighted by Crippen LogP contribution is 2.32. The van der Waals surface area contributed by atoms with Gasteiger partial charge in [0.15, 0.2) is 5.16 Å². The Bertz CT molecular complexity index is 576. The average molecular weight is 320 g/mol. The van der Waals surface area contributed by atoms with E-state index < -0.39 is 0 Å². The van der Waals surface area contributed by atoms with Gasteiger partial charge in [0, 0.05) is 12.3 Å². The first-order valence-corrected chi connectivity index (χ1v) is 6.05. The summed E-state index contributed by atoms with van der Waals surface area (Å²) in [6, 6.07) is 1.34. The molecule has 0 aliphatic carbocycles. The molecule has 0 amide bonds. The van der Waals surface area contributed by atoms with Gasteiger partial charge >= 0.3 is 0 Å². The first-order valence-electron chi connectivity index (χ1n) is 4.06. The van der Waals surface area contributed by atoms with Crippen LogP contribution in [0.3, 0.4) is 0 Å². The van der Waals surface area contributed by atoms with Crippen molar-refractivity contribution in [3.05, 3.63) is 38.6 Å². The molecule has 0 saturated heterocycles. The molecule has 5 nitrogen and oxygen atoms in total. The maximum atomic E-state index is 11.1. The van der Waals surface area contributed by atoms with Gasteiger partial charge in [-0.15, -0.1) is 0 Å². The minimum atomic E-state index is -0.214. The van der Waals surface area contributed by atoms with Gasteiger partial charge in [-0.1, -0.05) is 11.6 Å². The van der Waals surface area contributed by atoms with Crippen molar-refractivity contribution >= 4 is 39.3 Å². The van der Waals surface area contributed by atoms with Gasteiger partial charge in [0.2, 0.25) is 0 Å². The SMILES string of the molecule is O=c1ccnc(Sc2ncnc(Cl)c2Br)[nH]1. The second kappa shape index (κ2) is 4.94. The second-order valence-corrected chi connectivity index (χ2v) is 4.75. The summed E-state index contributed by atoms with van der Waals surface area (Å²) in [5.74, 6) is 0. The summed E-state index contributed by atoms with van der Waals surface area (Å²) < 4.78 is 0.577. The summed E-state index contributed by atoms with van der Waals surface area (Å²) >= 11 is 10.3. The van der Waals surface area contributed by atoms with E-state index in [4.69, 9.17) is 11.6 Å². The molecule has 82 valence electrons. The quantitative estimate of drug-likeness (QED) is 0.678. The smallest absolute Gasteiger partial charge is 0.251 e. The molecule has 8 heteroatoms. The molecule has 0 bridgehead atoms. The van der Waals surface area contributed by atoms with E-state index in [1.807, 2.05) is 0 Å². The lowest BCUT2D eigenvalue weighted by atomic mass is 10.7. The van der Waals surface area contributed by atoms with Gasteiger partial charge < -0.3 is 4.98 Å². The second-order valence-electron chi connectivity index (χ2n) is 2.62. The van der Waals surface area contributed by atoms with Crippen LogP contribution in [0.25, 0.3) is 0 Å². The van der Waals surface area contributed by atoms with Crippen LogP contribution in [-0.2, 0) is 0 Å². The summed E-state index contributed by atoms with van der Waals surface area (Å²) in [6.45, 7) is 0. The molecule has 0 atom stereocenters. The summed E-state index contributed by atoms with van der Waals surface area (Å²) in [5, 5.41) is 1.35. The van der Waals surface area contributed by atoms with E-state index in [1.54, 1.807) is 0 Å². The number of halogens is 2. The van der Waals surface area contributed by atoms with Crippen molar-refractivity contribution in [1.29, 1.82) is 0 Å². The number of H-pyrrole nitrogens is 1. The maximum absolute atomic E-state index is 11.1. The van der Waals surface area contributed by atoms with Gasteiger partial charge in [0.25, 0.3) is 5.56 Å². The van der Waals surface area contributed by atoms with Crippen molar-refractivity contribution in [2.75, 3.05) is 0 Å². The third kappa shape index (κ3) is 2.60. The molecule has 0 saturated carbocycles.